The van der Waals surface area contributed by atoms with Gasteiger partial charge in [-0.1, -0.05) is 12.1 Å². The fourth-order valence-electron chi connectivity index (χ4n) is 3.43. The summed E-state index contributed by atoms with van der Waals surface area (Å²) < 4.78 is 5.05. The van der Waals surface area contributed by atoms with Crippen LogP contribution >= 0.6 is 0 Å². The highest BCUT2D eigenvalue weighted by Crippen LogP contribution is 2.20. The van der Waals surface area contributed by atoms with Crippen LogP contribution in [0.5, 0.6) is 0 Å². The molecule has 1 aliphatic heterocycles. The van der Waals surface area contributed by atoms with Gasteiger partial charge in [-0.05, 0) is 50.6 Å². The summed E-state index contributed by atoms with van der Waals surface area (Å²) in [5.41, 5.74) is 2.56. The van der Waals surface area contributed by atoms with E-state index in [1.165, 1.54) is 0 Å². The molecule has 0 saturated carbocycles. The van der Waals surface area contributed by atoms with Crippen LogP contribution in [-0.4, -0.2) is 61.2 Å². The summed E-state index contributed by atoms with van der Waals surface area (Å²) in [5.74, 6) is 0.743. The molecule has 0 unspecified atom stereocenters. The predicted molar refractivity (Wildman–Crippen MR) is 114 cm³/mol. The maximum Gasteiger partial charge on any atom is 0.409 e. The summed E-state index contributed by atoms with van der Waals surface area (Å²) in [6.45, 7) is 9.31. The van der Waals surface area contributed by atoms with Crippen molar-refractivity contribution in [3.8, 4) is 0 Å². The second kappa shape index (κ2) is 9.41. The molecule has 1 saturated heterocycles. The number of carbonyl (C=O) groups is 2. The second-order valence-corrected chi connectivity index (χ2v) is 6.97. The Labute approximate surface area is 171 Å². The number of anilines is 2. The molecule has 2 amide bonds. The van der Waals surface area contributed by atoms with Gasteiger partial charge >= 0.3 is 6.09 Å². The number of piperazine rings is 1. The first-order valence-electron chi connectivity index (χ1n) is 10.0. The molecule has 2 aromatic rings. The number of rotatable bonds is 5. The van der Waals surface area contributed by atoms with Gasteiger partial charge in [0.15, 0.2) is 0 Å². The zero-order valence-electron chi connectivity index (χ0n) is 17.3. The minimum absolute atomic E-state index is 0.0655. The van der Waals surface area contributed by atoms with Gasteiger partial charge < -0.3 is 19.4 Å². The molecule has 3 rings (SSSR count). The monoisotopic (exact) mass is 396 g/mol. The van der Waals surface area contributed by atoms with Gasteiger partial charge in [-0.2, -0.15) is 0 Å². The second-order valence-electron chi connectivity index (χ2n) is 6.97. The van der Waals surface area contributed by atoms with Gasteiger partial charge in [-0.3, -0.25) is 4.79 Å². The van der Waals surface area contributed by atoms with Crippen molar-refractivity contribution in [3.63, 3.8) is 0 Å². The van der Waals surface area contributed by atoms with E-state index in [1.807, 2.05) is 50.2 Å². The smallest absolute Gasteiger partial charge is 0.409 e. The molecule has 7 nitrogen and oxygen atoms in total. The third-order valence-corrected chi connectivity index (χ3v) is 5.00. The highest BCUT2D eigenvalue weighted by Gasteiger charge is 2.23. The van der Waals surface area contributed by atoms with Crippen LogP contribution < -0.4 is 9.80 Å². The van der Waals surface area contributed by atoms with E-state index in [1.54, 1.807) is 22.9 Å². The molecule has 1 aromatic carbocycles. The summed E-state index contributed by atoms with van der Waals surface area (Å²) in [4.78, 5) is 34.9. The molecule has 1 fully saturated rings. The number of pyridine rings is 1. The number of benzene rings is 1. The minimum atomic E-state index is -0.267. The Morgan fingerprint density at radius 2 is 1.86 bits per heavy atom. The van der Waals surface area contributed by atoms with E-state index in [0.717, 1.165) is 17.1 Å². The predicted octanol–water partition coefficient (Wildman–Crippen LogP) is 3.34. The third kappa shape index (κ3) is 4.85. The number of carbonyl (C=O) groups excluding carboxylic acids is 2. The molecule has 2 heterocycles. The quantitative estimate of drug-likeness (QED) is 0.776. The average Bonchev–Trinajstić information content (AvgIpc) is 2.75. The van der Waals surface area contributed by atoms with Gasteiger partial charge in [0.2, 0.25) is 0 Å². The Balaban J connectivity index is 1.65. The van der Waals surface area contributed by atoms with E-state index in [0.29, 0.717) is 44.9 Å². The first-order valence-corrected chi connectivity index (χ1v) is 10.0. The fourth-order valence-corrected chi connectivity index (χ4v) is 3.43. The molecule has 154 valence electrons. The first kappa shape index (κ1) is 20.6. The van der Waals surface area contributed by atoms with E-state index < -0.39 is 0 Å². The Hall–Kier alpha value is -3.09. The standard InChI is InChI=1S/C22H28N4O3/c1-4-26(19-8-6-7-17(3)15-19)21(27)18-9-10-20(23-16-18)24-11-13-25(14-12-24)22(28)29-5-2/h6-10,15-16H,4-5,11-14H2,1-3H3. The summed E-state index contributed by atoms with van der Waals surface area (Å²) in [6.07, 6.45) is 1.37. The van der Waals surface area contributed by atoms with Gasteiger partial charge in [0.25, 0.3) is 5.91 Å². The van der Waals surface area contributed by atoms with E-state index in [2.05, 4.69) is 9.88 Å². The zero-order chi connectivity index (χ0) is 20.8. The lowest BCUT2D eigenvalue weighted by molar-refractivity contribution is 0.0986. The molecular formula is C22H28N4O3. The van der Waals surface area contributed by atoms with Crippen molar-refractivity contribution in [2.24, 2.45) is 0 Å². The Bertz CT molecular complexity index is 845. The molecule has 1 aliphatic rings. The van der Waals surface area contributed by atoms with Gasteiger partial charge in [-0.15, -0.1) is 0 Å². The van der Waals surface area contributed by atoms with E-state index >= 15 is 0 Å². The summed E-state index contributed by atoms with van der Waals surface area (Å²) in [5, 5.41) is 0. The number of nitrogens with zero attached hydrogens (tertiary/aromatic N) is 4. The van der Waals surface area contributed by atoms with Crippen LogP contribution in [0.4, 0.5) is 16.3 Å². The van der Waals surface area contributed by atoms with E-state index in [4.69, 9.17) is 4.74 Å². The molecule has 0 radical (unpaired) electrons. The normalized spacial score (nSPS) is 13.9. The molecular weight excluding hydrogens is 368 g/mol. The Morgan fingerprint density at radius 1 is 1.10 bits per heavy atom. The lowest BCUT2D eigenvalue weighted by atomic mass is 10.1. The lowest BCUT2D eigenvalue weighted by Crippen LogP contribution is -2.49. The topological polar surface area (TPSA) is 66.0 Å². The Morgan fingerprint density at radius 3 is 2.45 bits per heavy atom. The van der Waals surface area contributed by atoms with E-state index in [9.17, 15) is 9.59 Å². The van der Waals surface area contributed by atoms with Gasteiger partial charge in [0.05, 0.1) is 12.2 Å². The summed E-state index contributed by atoms with van der Waals surface area (Å²) in [7, 11) is 0. The van der Waals surface area contributed by atoms with Crippen molar-refractivity contribution in [3.05, 3.63) is 53.7 Å². The van der Waals surface area contributed by atoms with E-state index in [-0.39, 0.29) is 12.0 Å². The number of ether oxygens (including phenoxy) is 1. The number of aryl methyl sites for hydroxylation is 1. The van der Waals surface area contributed by atoms with Crippen LogP contribution in [0.15, 0.2) is 42.6 Å². The number of hydrogen-bond donors (Lipinski definition) is 0. The first-order chi connectivity index (χ1) is 14.0. The summed E-state index contributed by atoms with van der Waals surface area (Å²) >= 11 is 0. The molecule has 0 bridgehead atoms. The number of aromatic nitrogens is 1. The molecule has 29 heavy (non-hydrogen) atoms. The molecule has 1 aromatic heterocycles. The average molecular weight is 396 g/mol. The lowest BCUT2D eigenvalue weighted by Gasteiger charge is -2.34. The van der Waals surface area contributed by atoms with Crippen molar-refractivity contribution < 1.29 is 14.3 Å². The number of amides is 2. The van der Waals surface area contributed by atoms with Crippen molar-refractivity contribution in [2.45, 2.75) is 20.8 Å². The van der Waals surface area contributed by atoms with Crippen molar-refractivity contribution in [1.82, 2.24) is 9.88 Å². The van der Waals surface area contributed by atoms with Gasteiger partial charge in [0.1, 0.15) is 5.82 Å². The highest BCUT2D eigenvalue weighted by atomic mass is 16.6. The third-order valence-electron chi connectivity index (χ3n) is 5.00. The van der Waals surface area contributed by atoms with Crippen LogP contribution in [0.2, 0.25) is 0 Å². The maximum absolute atomic E-state index is 13.0. The van der Waals surface area contributed by atoms with Crippen LogP contribution in [0.1, 0.15) is 29.8 Å². The van der Waals surface area contributed by atoms with Crippen molar-refractivity contribution >= 4 is 23.5 Å². The molecule has 0 atom stereocenters. The van der Waals surface area contributed by atoms with Crippen LogP contribution in [0.25, 0.3) is 0 Å². The van der Waals surface area contributed by atoms with Crippen LogP contribution in [0, 0.1) is 6.92 Å². The molecule has 0 N–H and O–H groups in total. The fraction of sp³-hybridized carbons (Fsp3) is 0.409. The molecule has 7 heteroatoms. The van der Waals surface area contributed by atoms with Gasteiger partial charge in [0, 0.05) is 44.6 Å². The van der Waals surface area contributed by atoms with Crippen molar-refractivity contribution in [2.75, 3.05) is 49.1 Å². The Kier molecular flexibility index (Phi) is 6.69. The number of hydrogen-bond acceptors (Lipinski definition) is 5. The van der Waals surface area contributed by atoms with Crippen LogP contribution in [-0.2, 0) is 4.74 Å². The highest BCUT2D eigenvalue weighted by molar-refractivity contribution is 6.06. The molecule has 0 spiro atoms. The maximum atomic E-state index is 13.0. The molecule has 0 aliphatic carbocycles. The SMILES string of the molecule is CCOC(=O)N1CCN(c2ccc(C(=O)N(CC)c3cccc(C)c3)cn2)CC1. The van der Waals surface area contributed by atoms with Crippen molar-refractivity contribution in [1.29, 1.82) is 0 Å². The zero-order valence-corrected chi connectivity index (χ0v) is 17.3. The van der Waals surface area contributed by atoms with Gasteiger partial charge in [-0.25, -0.2) is 9.78 Å². The largest absolute Gasteiger partial charge is 0.450 e. The minimum Gasteiger partial charge on any atom is -0.450 e. The van der Waals surface area contributed by atoms with Crippen LogP contribution in [0.3, 0.4) is 0 Å². The summed E-state index contributed by atoms with van der Waals surface area (Å²) in [6, 6.07) is 11.6.